The molecule has 3 N–H and O–H groups in total. The van der Waals surface area contributed by atoms with Crippen molar-refractivity contribution in [2.24, 2.45) is 0 Å². The Bertz CT molecular complexity index is 398. The molecule has 1 rings (SSSR count). The molecule has 5 nitrogen and oxygen atoms in total. The van der Waals surface area contributed by atoms with Gasteiger partial charge in [-0.15, -0.1) is 0 Å². The Kier molecular flexibility index (Phi) is 3.47. The third-order valence-corrected chi connectivity index (χ3v) is 2.32. The van der Waals surface area contributed by atoms with Crippen LogP contribution < -0.4 is 11.3 Å². The summed E-state index contributed by atoms with van der Waals surface area (Å²) in [5.41, 5.74) is 6.07. The molecule has 0 amide bonds. The molecule has 1 aromatic rings. The van der Waals surface area contributed by atoms with E-state index in [1.165, 1.54) is 0 Å². The van der Waals surface area contributed by atoms with Crippen molar-refractivity contribution < 1.29 is 4.74 Å². The summed E-state index contributed by atoms with van der Waals surface area (Å²) in [6.45, 7) is 5.61. The van der Waals surface area contributed by atoms with Crippen LogP contribution in [0.25, 0.3) is 0 Å². The minimum atomic E-state index is -0.263. The Labute approximate surface area is 88.7 Å². The molecular formula is C10H17N3O2. The van der Waals surface area contributed by atoms with Crippen molar-refractivity contribution >= 4 is 5.82 Å². The number of aromatic amines is 1. The maximum Gasteiger partial charge on any atom is 0.256 e. The molecule has 1 aromatic heterocycles. The molecule has 0 radical (unpaired) electrons. The monoisotopic (exact) mass is 211 g/mol. The van der Waals surface area contributed by atoms with Gasteiger partial charge in [-0.25, -0.2) is 4.98 Å². The van der Waals surface area contributed by atoms with Crippen LogP contribution in [-0.2, 0) is 4.74 Å². The fraction of sp³-hybridized carbons (Fsp3) is 0.600. The SMILES string of the molecule is COC(C)c1nc(N)c(C(C)C)c(=O)[nH]1. The van der Waals surface area contributed by atoms with Crippen LogP contribution in [0.4, 0.5) is 5.82 Å². The van der Waals surface area contributed by atoms with E-state index >= 15 is 0 Å². The summed E-state index contributed by atoms with van der Waals surface area (Å²) in [7, 11) is 1.55. The second-order valence-corrected chi connectivity index (χ2v) is 3.78. The lowest BCUT2D eigenvalue weighted by Crippen LogP contribution is -2.22. The zero-order valence-corrected chi connectivity index (χ0v) is 9.50. The lowest BCUT2D eigenvalue weighted by atomic mass is 10.1. The summed E-state index contributed by atoms with van der Waals surface area (Å²) in [5, 5.41) is 0. The summed E-state index contributed by atoms with van der Waals surface area (Å²) in [5.74, 6) is 0.810. The van der Waals surface area contributed by atoms with Crippen molar-refractivity contribution in [2.45, 2.75) is 32.8 Å². The number of ether oxygens (including phenoxy) is 1. The van der Waals surface area contributed by atoms with Crippen LogP contribution in [0.15, 0.2) is 4.79 Å². The average molecular weight is 211 g/mol. The quantitative estimate of drug-likeness (QED) is 0.786. The number of methoxy groups -OCH3 is 1. The van der Waals surface area contributed by atoms with Crippen molar-refractivity contribution in [3.63, 3.8) is 0 Å². The number of rotatable bonds is 3. The van der Waals surface area contributed by atoms with Crippen LogP contribution in [-0.4, -0.2) is 17.1 Å². The molecule has 5 heteroatoms. The van der Waals surface area contributed by atoms with E-state index in [1.54, 1.807) is 14.0 Å². The van der Waals surface area contributed by atoms with Crippen molar-refractivity contribution in [3.05, 3.63) is 21.7 Å². The Hall–Kier alpha value is -1.36. The van der Waals surface area contributed by atoms with Crippen LogP contribution in [0.3, 0.4) is 0 Å². The van der Waals surface area contributed by atoms with E-state index in [-0.39, 0.29) is 23.4 Å². The number of anilines is 1. The number of nitrogens with one attached hydrogen (secondary N) is 1. The predicted octanol–water partition coefficient (Wildman–Crippen LogP) is 1.18. The number of aromatic nitrogens is 2. The average Bonchev–Trinajstić information content (AvgIpc) is 2.14. The first-order valence-electron chi connectivity index (χ1n) is 4.89. The molecule has 0 aliphatic heterocycles. The van der Waals surface area contributed by atoms with E-state index in [2.05, 4.69) is 9.97 Å². The molecule has 0 fully saturated rings. The molecule has 0 saturated heterocycles. The Morgan fingerprint density at radius 3 is 2.40 bits per heavy atom. The molecule has 0 bridgehead atoms. The second kappa shape index (κ2) is 4.44. The highest BCUT2D eigenvalue weighted by molar-refractivity contribution is 5.39. The third kappa shape index (κ3) is 2.36. The van der Waals surface area contributed by atoms with E-state index in [9.17, 15) is 4.79 Å². The van der Waals surface area contributed by atoms with Crippen LogP contribution in [0.1, 0.15) is 44.2 Å². The van der Waals surface area contributed by atoms with Crippen LogP contribution in [0, 0.1) is 0 Å². The van der Waals surface area contributed by atoms with E-state index < -0.39 is 0 Å². The molecule has 0 aromatic carbocycles. The van der Waals surface area contributed by atoms with Gasteiger partial charge in [0.05, 0.1) is 5.56 Å². The maximum atomic E-state index is 11.7. The molecule has 0 aliphatic carbocycles. The van der Waals surface area contributed by atoms with Gasteiger partial charge in [-0.05, 0) is 12.8 Å². The first kappa shape index (κ1) is 11.7. The predicted molar refractivity (Wildman–Crippen MR) is 58.8 cm³/mol. The maximum absolute atomic E-state index is 11.7. The zero-order valence-electron chi connectivity index (χ0n) is 9.50. The highest BCUT2D eigenvalue weighted by atomic mass is 16.5. The van der Waals surface area contributed by atoms with Crippen LogP contribution >= 0.6 is 0 Å². The van der Waals surface area contributed by atoms with Gasteiger partial charge in [-0.3, -0.25) is 4.79 Å². The Morgan fingerprint density at radius 1 is 1.40 bits per heavy atom. The number of nitrogens with two attached hydrogens (primary N) is 1. The number of nitrogen functional groups attached to an aromatic ring is 1. The van der Waals surface area contributed by atoms with E-state index in [0.717, 1.165) is 0 Å². The van der Waals surface area contributed by atoms with Gasteiger partial charge >= 0.3 is 0 Å². The minimum absolute atomic E-state index is 0.0631. The highest BCUT2D eigenvalue weighted by Gasteiger charge is 2.15. The third-order valence-electron chi connectivity index (χ3n) is 2.32. The molecule has 0 spiro atoms. The summed E-state index contributed by atoms with van der Waals surface area (Å²) in [4.78, 5) is 18.5. The van der Waals surface area contributed by atoms with Gasteiger partial charge < -0.3 is 15.5 Å². The van der Waals surface area contributed by atoms with Crippen LogP contribution in [0.5, 0.6) is 0 Å². The number of hydrogen-bond acceptors (Lipinski definition) is 4. The van der Waals surface area contributed by atoms with Crippen molar-refractivity contribution in [1.29, 1.82) is 0 Å². The molecule has 15 heavy (non-hydrogen) atoms. The topological polar surface area (TPSA) is 81.0 Å². The van der Waals surface area contributed by atoms with Gasteiger partial charge in [0.2, 0.25) is 0 Å². The zero-order chi connectivity index (χ0) is 11.6. The molecule has 84 valence electrons. The van der Waals surface area contributed by atoms with E-state index in [0.29, 0.717) is 11.4 Å². The first-order valence-corrected chi connectivity index (χ1v) is 4.89. The van der Waals surface area contributed by atoms with Gasteiger partial charge in [-0.1, -0.05) is 13.8 Å². The summed E-state index contributed by atoms with van der Waals surface area (Å²) in [6.07, 6.45) is -0.263. The number of H-pyrrole nitrogens is 1. The first-order chi connectivity index (χ1) is 6.97. The number of nitrogens with zero attached hydrogens (tertiary/aromatic N) is 1. The molecule has 1 heterocycles. The van der Waals surface area contributed by atoms with Gasteiger partial charge in [0.25, 0.3) is 5.56 Å². The molecule has 1 unspecified atom stereocenters. The Morgan fingerprint density at radius 2 is 2.00 bits per heavy atom. The van der Waals surface area contributed by atoms with Gasteiger partial charge in [0, 0.05) is 7.11 Å². The second-order valence-electron chi connectivity index (χ2n) is 3.78. The molecular weight excluding hydrogens is 194 g/mol. The normalized spacial score (nSPS) is 13.1. The van der Waals surface area contributed by atoms with E-state index in [1.807, 2.05) is 13.8 Å². The molecule has 0 aliphatic rings. The molecule has 1 atom stereocenters. The van der Waals surface area contributed by atoms with Gasteiger partial charge in [-0.2, -0.15) is 0 Å². The summed E-state index contributed by atoms with van der Waals surface area (Å²) >= 11 is 0. The van der Waals surface area contributed by atoms with Gasteiger partial charge in [0.1, 0.15) is 17.7 Å². The lowest BCUT2D eigenvalue weighted by molar-refractivity contribution is 0.112. The standard InChI is InChI=1S/C10H17N3O2/c1-5(2)7-8(11)12-9(6(3)15-4)13-10(7)14/h5-6H,1-4H3,(H3,11,12,13,14). The minimum Gasteiger partial charge on any atom is -0.383 e. The largest absolute Gasteiger partial charge is 0.383 e. The lowest BCUT2D eigenvalue weighted by Gasteiger charge is -2.12. The summed E-state index contributed by atoms with van der Waals surface area (Å²) < 4.78 is 5.06. The van der Waals surface area contributed by atoms with Crippen molar-refractivity contribution in [2.75, 3.05) is 12.8 Å². The molecule has 0 saturated carbocycles. The fourth-order valence-electron chi connectivity index (χ4n) is 1.38. The fourth-order valence-corrected chi connectivity index (χ4v) is 1.38. The highest BCUT2D eigenvalue weighted by Crippen LogP contribution is 2.17. The van der Waals surface area contributed by atoms with Crippen LogP contribution in [0.2, 0.25) is 0 Å². The van der Waals surface area contributed by atoms with Crippen molar-refractivity contribution in [1.82, 2.24) is 9.97 Å². The van der Waals surface area contributed by atoms with Gasteiger partial charge in [0.15, 0.2) is 0 Å². The van der Waals surface area contributed by atoms with E-state index in [4.69, 9.17) is 10.5 Å². The number of hydrogen-bond donors (Lipinski definition) is 2. The summed E-state index contributed by atoms with van der Waals surface area (Å²) in [6, 6.07) is 0. The Balaban J connectivity index is 3.26. The smallest absolute Gasteiger partial charge is 0.256 e. The van der Waals surface area contributed by atoms with Crippen molar-refractivity contribution in [3.8, 4) is 0 Å².